The molecule has 0 spiro atoms. The Labute approximate surface area is 99.0 Å². The van der Waals surface area contributed by atoms with Gasteiger partial charge in [-0.15, -0.1) is 0 Å². The van der Waals surface area contributed by atoms with Crippen molar-refractivity contribution in [3.63, 3.8) is 0 Å². The summed E-state index contributed by atoms with van der Waals surface area (Å²) in [4.78, 5) is 32.5. The van der Waals surface area contributed by atoms with Gasteiger partial charge in [0.2, 0.25) is 0 Å². The maximum absolute atomic E-state index is 11.5. The lowest BCUT2D eigenvalue weighted by molar-refractivity contribution is -0.405. The topological polar surface area (TPSA) is 134 Å². The van der Waals surface area contributed by atoms with Crippen molar-refractivity contribution in [3.05, 3.63) is 0 Å². The molecule has 0 saturated heterocycles. The minimum Gasteiger partial charge on any atom is -0.548 e. The Balaban J connectivity index is 4.31. The summed E-state index contributed by atoms with van der Waals surface area (Å²) < 4.78 is 0. The lowest BCUT2D eigenvalue weighted by atomic mass is 10.0. The van der Waals surface area contributed by atoms with Gasteiger partial charge in [0.25, 0.3) is 5.91 Å². The first-order chi connectivity index (χ1) is 7.75. The number of nitrogens with one attached hydrogen (secondary N) is 1. The molecule has 0 bridgehead atoms. The van der Waals surface area contributed by atoms with E-state index in [0.717, 1.165) is 0 Å². The van der Waals surface area contributed by atoms with E-state index in [2.05, 4.69) is 11.1 Å². The highest BCUT2D eigenvalue weighted by Gasteiger charge is 2.23. The van der Waals surface area contributed by atoms with Crippen molar-refractivity contribution in [1.29, 1.82) is 0 Å². The van der Waals surface area contributed by atoms with E-state index in [1.165, 1.54) is 0 Å². The number of aliphatic carboxylic acids is 2. The third-order valence-corrected chi connectivity index (χ3v) is 2.30. The number of quaternary nitrogens is 1. The predicted octanol–water partition coefficient (Wildman–Crippen LogP) is -2.65. The molecule has 0 aliphatic carbocycles. The predicted molar refractivity (Wildman–Crippen MR) is 55.3 cm³/mol. The largest absolute Gasteiger partial charge is 0.548 e. The molecule has 7 heteroatoms. The van der Waals surface area contributed by atoms with Gasteiger partial charge in [0, 0.05) is 6.42 Å². The van der Waals surface area contributed by atoms with Crippen LogP contribution in [0.2, 0.25) is 0 Å². The van der Waals surface area contributed by atoms with Gasteiger partial charge in [-0.3, -0.25) is 9.59 Å². The van der Waals surface area contributed by atoms with E-state index in [0.29, 0.717) is 0 Å². The fourth-order valence-corrected chi connectivity index (χ4v) is 1.20. The quantitative estimate of drug-likeness (QED) is 0.451. The first-order valence-electron chi connectivity index (χ1n) is 5.31. The minimum absolute atomic E-state index is 0.0685. The van der Waals surface area contributed by atoms with E-state index in [4.69, 9.17) is 5.11 Å². The summed E-state index contributed by atoms with van der Waals surface area (Å²) in [6.07, 6.45) is -0.113. The lowest BCUT2D eigenvalue weighted by Crippen LogP contribution is -2.69. The number of carbonyl (C=O) groups is 3. The van der Waals surface area contributed by atoms with Gasteiger partial charge in [-0.2, -0.15) is 0 Å². The molecule has 2 atom stereocenters. The summed E-state index contributed by atoms with van der Waals surface area (Å²) in [5.41, 5.74) is 3.49. The molecule has 7 nitrogen and oxygen atoms in total. The van der Waals surface area contributed by atoms with Gasteiger partial charge < -0.3 is 26.1 Å². The molecule has 0 aliphatic rings. The van der Waals surface area contributed by atoms with Crippen LogP contribution in [0.5, 0.6) is 0 Å². The number of carboxylic acids is 2. The Morgan fingerprint density at radius 3 is 2.24 bits per heavy atom. The third-order valence-electron chi connectivity index (χ3n) is 2.30. The van der Waals surface area contributed by atoms with Crippen molar-refractivity contribution in [2.75, 3.05) is 0 Å². The Morgan fingerprint density at radius 2 is 1.88 bits per heavy atom. The zero-order chi connectivity index (χ0) is 13.6. The van der Waals surface area contributed by atoms with Gasteiger partial charge >= 0.3 is 5.97 Å². The highest BCUT2D eigenvalue weighted by molar-refractivity contribution is 5.85. The van der Waals surface area contributed by atoms with Crippen molar-refractivity contribution in [1.82, 2.24) is 5.32 Å². The van der Waals surface area contributed by atoms with Gasteiger partial charge in [0.05, 0.1) is 18.4 Å². The number of hydrogen-bond acceptors (Lipinski definition) is 4. The molecule has 0 aliphatic heterocycles. The Kier molecular flexibility index (Phi) is 6.19. The van der Waals surface area contributed by atoms with Crippen LogP contribution < -0.4 is 16.2 Å². The Morgan fingerprint density at radius 1 is 1.35 bits per heavy atom. The fraction of sp³-hybridized carbons (Fsp3) is 0.700. The fourth-order valence-electron chi connectivity index (χ4n) is 1.20. The zero-order valence-corrected chi connectivity index (χ0v) is 9.93. The summed E-state index contributed by atoms with van der Waals surface area (Å²) in [5, 5.41) is 21.4. The van der Waals surface area contributed by atoms with Crippen LogP contribution >= 0.6 is 0 Å². The SMILES string of the molecule is CC(C)[C@H](NC(=O)[C@@H]([NH3+])CCC(=O)O)C(=O)[O-]. The van der Waals surface area contributed by atoms with Crippen molar-refractivity contribution in [2.45, 2.75) is 38.8 Å². The van der Waals surface area contributed by atoms with Crippen LogP contribution in [0.15, 0.2) is 0 Å². The smallest absolute Gasteiger partial charge is 0.303 e. The average molecular weight is 246 g/mol. The van der Waals surface area contributed by atoms with E-state index in [9.17, 15) is 19.5 Å². The second-order valence-corrected chi connectivity index (χ2v) is 4.18. The monoisotopic (exact) mass is 246 g/mol. The molecule has 0 unspecified atom stereocenters. The van der Waals surface area contributed by atoms with Crippen LogP contribution in [0.4, 0.5) is 0 Å². The second-order valence-electron chi connectivity index (χ2n) is 4.18. The van der Waals surface area contributed by atoms with Gasteiger partial charge in [0.15, 0.2) is 6.04 Å². The summed E-state index contributed by atoms with van der Waals surface area (Å²) in [5.74, 6) is -3.27. The number of carboxylic acid groups (broad SMARTS) is 2. The third kappa shape index (κ3) is 5.86. The van der Waals surface area contributed by atoms with E-state index in [1.54, 1.807) is 13.8 Å². The first kappa shape index (κ1) is 15.4. The van der Waals surface area contributed by atoms with Gasteiger partial charge in [-0.25, -0.2) is 0 Å². The summed E-state index contributed by atoms with van der Waals surface area (Å²) >= 11 is 0. The highest BCUT2D eigenvalue weighted by atomic mass is 16.4. The van der Waals surface area contributed by atoms with E-state index in [1.807, 2.05) is 0 Å². The van der Waals surface area contributed by atoms with Crippen molar-refractivity contribution in [3.8, 4) is 0 Å². The van der Waals surface area contributed by atoms with Crippen molar-refractivity contribution in [2.24, 2.45) is 5.92 Å². The molecule has 0 fully saturated rings. The molecule has 0 aromatic carbocycles. The highest BCUT2D eigenvalue weighted by Crippen LogP contribution is 2.01. The molecule has 0 aromatic heterocycles. The maximum Gasteiger partial charge on any atom is 0.303 e. The van der Waals surface area contributed by atoms with Gasteiger partial charge in [0.1, 0.15) is 0 Å². The molecule has 5 N–H and O–H groups in total. The Hall–Kier alpha value is -1.63. The number of amides is 1. The molecule has 17 heavy (non-hydrogen) atoms. The number of carbonyl (C=O) groups excluding carboxylic acids is 2. The lowest BCUT2D eigenvalue weighted by Gasteiger charge is -2.23. The first-order valence-corrected chi connectivity index (χ1v) is 5.31. The van der Waals surface area contributed by atoms with Crippen LogP contribution in [-0.4, -0.2) is 35.0 Å². The van der Waals surface area contributed by atoms with Crippen LogP contribution in [0, 0.1) is 5.92 Å². The summed E-state index contributed by atoms with van der Waals surface area (Å²) in [6.45, 7) is 3.27. The minimum atomic E-state index is -1.36. The number of rotatable bonds is 7. The van der Waals surface area contributed by atoms with Gasteiger partial charge in [-0.1, -0.05) is 13.8 Å². The van der Waals surface area contributed by atoms with Crippen LogP contribution in [0.1, 0.15) is 26.7 Å². The summed E-state index contributed by atoms with van der Waals surface area (Å²) in [7, 11) is 0. The number of hydrogen-bond donors (Lipinski definition) is 3. The second kappa shape index (κ2) is 6.85. The molecule has 0 saturated carbocycles. The van der Waals surface area contributed by atoms with Crippen LogP contribution in [0.3, 0.4) is 0 Å². The van der Waals surface area contributed by atoms with E-state index < -0.39 is 29.9 Å². The van der Waals surface area contributed by atoms with E-state index in [-0.39, 0.29) is 18.8 Å². The average Bonchev–Trinajstić information content (AvgIpc) is 2.20. The van der Waals surface area contributed by atoms with Crippen molar-refractivity contribution >= 4 is 17.8 Å². The van der Waals surface area contributed by atoms with Crippen LogP contribution in [-0.2, 0) is 14.4 Å². The molecule has 1 amide bonds. The standard InChI is InChI=1S/C10H18N2O5/c1-5(2)8(10(16)17)12-9(15)6(11)3-4-7(13)14/h5-6,8H,3-4,11H2,1-2H3,(H,12,15)(H,13,14)(H,16,17)/t6-,8-/m0/s1. The molecule has 98 valence electrons. The zero-order valence-electron chi connectivity index (χ0n) is 9.93. The molecule has 0 aromatic rings. The molecule has 0 rings (SSSR count). The van der Waals surface area contributed by atoms with Crippen molar-refractivity contribution < 1.29 is 30.3 Å². The summed E-state index contributed by atoms with van der Waals surface area (Å²) in [6, 6.07) is -1.87. The van der Waals surface area contributed by atoms with E-state index >= 15 is 0 Å². The molecule has 0 radical (unpaired) electrons. The normalized spacial score (nSPS) is 14.1. The Bertz CT molecular complexity index is 303. The molecular formula is C10H18N2O5. The maximum atomic E-state index is 11.5. The van der Waals surface area contributed by atoms with Crippen LogP contribution in [0.25, 0.3) is 0 Å². The molecule has 0 heterocycles. The van der Waals surface area contributed by atoms with Gasteiger partial charge in [-0.05, 0) is 5.92 Å². The molecular weight excluding hydrogens is 228 g/mol.